The number of hydrogen-bond donors (Lipinski definition) is 2. The van der Waals surface area contributed by atoms with Crippen LogP contribution in [0, 0.1) is 11.7 Å². The zero-order valence-electron chi connectivity index (χ0n) is 11.7. The first kappa shape index (κ1) is 15.6. The first-order valence-electron chi connectivity index (χ1n) is 6.50. The second-order valence-electron chi connectivity index (χ2n) is 5.73. The highest BCUT2D eigenvalue weighted by Gasteiger charge is 2.21. The molecule has 0 aromatic heterocycles. The van der Waals surface area contributed by atoms with Crippen LogP contribution in [0.2, 0.25) is 0 Å². The molecule has 1 rings (SSSR count). The molecule has 1 aromatic rings. The Morgan fingerprint density at radius 2 is 2.16 bits per heavy atom. The molecular formula is C15H22FNO2. The molecule has 0 amide bonds. The van der Waals surface area contributed by atoms with Crippen LogP contribution in [0.5, 0.6) is 0 Å². The Labute approximate surface area is 113 Å². The second-order valence-corrected chi connectivity index (χ2v) is 5.73. The predicted molar refractivity (Wildman–Crippen MR) is 73.7 cm³/mol. The molecule has 0 aliphatic rings. The van der Waals surface area contributed by atoms with Gasteiger partial charge in [0.1, 0.15) is 5.82 Å². The van der Waals surface area contributed by atoms with Crippen molar-refractivity contribution in [3.8, 4) is 0 Å². The molecule has 106 valence electrons. The lowest BCUT2D eigenvalue weighted by Crippen LogP contribution is -2.35. The highest BCUT2D eigenvalue weighted by molar-refractivity contribution is 5.66. The molecule has 0 saturated heterocycles. The highest BCUT2D eigenvalue weighted by atomic mass is 19.1. The summed E-state index contributed by atoms with van der Waals surface area (Å²) in [7, 11) is 0. The van der Waals surface area contributed by atoms with Crippen LogP contribution in [-0.4, -0.2) is 24.2 Å². The maximum atomic E-state index is 13.2. The van der Waals surface area contributed by atoms with E-state index >= 15 is 0 Å². The van der Waals surface area contributed by atoms with E-state index in [4.69, 9.17) is 5.11 Å². The van der Waals surface area contributed by atoms with Gasteiger partial charge in [-0.3, -0.25) is 4.79 Å². The van der Waals surface area contributed by atoms with Crippen LogP contribution < -0.4 is 5.32 Å². The minimum Gasteiger partial charge on any atom is -0.481 e. The lowest BCUT2D eigenvalue weighted by atomic mass is 9.84. The first-order chi connectivity index (χ1) is 8.81. The lowest BCUT2D eigenvalue weighted by molar-refractivity contribution is -0.137. The third kappa shape index (κ3) is 5.39. The van der Waals surface area contributed by atoms with Gasteiger partial charge in [-0.1, -0.05) is 32.9 Å². The van der Waals surface area contributed by atoms with E-state index in [1.54, 1.807) is 12.1 Å². The monoisotopic (exact) mass is 267 g/mol. The minimum atomic E-state index is -0.779. The van der Waals surface area contributed by atoms with Crippen molar-refractivity contribution in [1.82, 2.24) is 5.32 Å². The molecule has 1 unspecified atom stereocenters. The maximum absolute atomic E-state index is 13.2. The van der Waals surface area contributed by atoms with E-state index in [1.165, 1.54) is 6.07 Å². The Bertz CT molecular complexity index is 432. The largest absolute Gasteiger partial charge is 0.481 e. The van der Waals surface area contributed by atoms with Crippen molar-refractivity contribution >= 4 is 5.97 Å². The second kappa shape index (κ2) is 6.66. The molecule has 0 aliphatic carbocycles. The van der Waals surface area contributed by atoms with Crippen molar-refractivity contribution in [3.05, 3.63) is 35.6 Å². The van der Waals surface area contributed by atoms with E-state index in [0.29, 0.717) is 13.1 Å². The van der Waals surface area contributed by atoms with Crippen LogP contribution in [0.4, 0.5) is 4.39 Å². The van der Waals surface area contributed by atoms with Gasteiger partial charge in [-0.15, -0.1) is 0 Å². The van der Waals surface area contributed by atoms with Crippen molar-refractivity contribution < 1.29 is 14.3 Å². The van der Waals surface area contributed by atoms with Crippen LogP contribution >= 0.6 is 0 Å². The molecule has 0 bridgehead atoms. The fourth-order valence-electron chi connectivity index (χ4n) is 2.01. The lowest BCUT2D eigenvalue weighted by Gasteiger charge is -2.26. The summed E-state index contributed by atoms with van der Waals surface area (Å²) in [5.41, 5.74) is 0.747. The summed E-state index contributed by atoms with van der Waals surface area (Å²) >= 11 is 0. The van der Waals surface area contributed by atoms with Crippen molar-refractivity contribution in [2.75, 3.05) is 13.1 Å². The van der Waals surface area contributed by atoms with Gasteiger partial charge in [-0.05, 0) is 30.2 Å². The fourth-order valence-corrected chi connectivity index (χ4v) is 2.01. The summed E-state index contributed by atoms with van der Waals surface area (Å²) in [4.78, 5) is 10.6. The maximum Gasteiger partial charge on any atom is 0.303 e. The number of aliphatic carboxylic acids is 1. The van der Waals surface area contributed by atoms with Gasteiger partial charge in [0.2, 0.25) is 0 Å². The summed E-state index contributed by atoms with van der Waals surface area (Å²) in [5, 5.41) is 11.9. The number of halogens is 1. The average molecular weight is 267 g/mol. The molecule has 1 aromatic carbocycles. The van der Waals surface area contributed by atoms with E-state index in [2.05, 4.69) is 5.32 Å². The van der Waals surface area contributed by atoms with Gasteiger partial charge in [0.25, 0.3) is 0 Å². The summed E-state index contributed by atoms with van der Waals surface area (Å²) in [6, 6.07) is 6.59. The van der Waals surface area contributed by atoms with Crippen LogP contribution in [0.1, 0.15) is 32.8 Å². The summed E-state index contributed by atoms with van der Waals surface area (Å²) < 4.78 is 13.2. The van der Waals surface area contributed by atoms with E-state index in [1.807, 2.05) is 26.8 Å². The van der Waals surface area contributed by atoms with Crippen molar-refractivity contribution in [1.29, 1.82) is 0 Å². The quantitative estimate of drug-likeness (QED) is 0.798. The van der Waals surface area contributed by atoms with Crippen molar-refractivity contribution in [2.45, 2.75) is 32.6 Å². The van der Waals surface area contributed by atoms with E-state index in [0.717, 1.165) is 5.56 Å². The summed E-state index contributed by atoms with van der Waals surface area (Å²) in [6.07, 6.45) is 0.160. The molecule has 19 heavy (non-hydrogen) atoms. The Kier molecular flexibility index (Phi) is 5.48. The van der Waals surface area contributed by atoms with Gasteiger partial charge >= 0.3 is 5.97 Å². The number of hydrogen-bond acceptors (Lipinski definition) is 2. The van der Waals surface area contributed by atoms with Gasteiger partial charge in [-0.2, -0.15) is 0 Å². The standard InChI is InChI=1S/C15H22FNO2/c1-11(7-14(18)19)9-17-10-15(2,3)12-5-4-6-13(16)8-12/h4-6,8,11,17H,7,9-10H2,1-3H3,(H,18,19). The van der Waals surface area contributed by atoms with E-state index < -0.39 is 5.97 Å². The SMILES string of the molecule is CC(CNCC(C)(C)c1cccc(F)c1)CC(=O)O. The molecule has 0 spiro atoms. The summed E-state index contributed by atoms with van der Waals surface area (Å²) in [5.74, 6) is -0.927. The predicted octanol–water partition coefficient (Wildman–Crippen LogP) is 2.80. The zero-order valence-corrected chi connectivity index (χ0v) is 11.7. The molecule has 4 heteroatoms. The van der Waals surface area contributed by atoms with Crippen LogP contribution in [0.15, 0.2) is 24.3 Å². The van der Waals surface area contributed by atoms with Crippen molar-refractivity contribution in [2.24, 2.45) is 5.92 Å². The van der Waals surface area contributed by atoms with Gasteiger partial charge in [-0.25, -0.2) is 4.39 Å². The number of rotatable bonds is 7. The molecule has 0 saturated carbocycles. The highest BCUT2D eigenvalue weighted by Crippen LogP contribution is 2.22. The number of carboxylic acids is 1. The molecule has 0 aliphatic heterocycles. The number of nitrogens with one attached hydrogen (secondary N) is 1. The van der Waals surface area contributed by atoms with Gasteiger partial charge in [0.05, 0.1) is 0 Å². The minimum absolute atomic E-state index is 0.0841. The third-order valence-electron chi connectivity index (χ3n) is 3.19. The number of carbonyl (C=O) groups is 1. The van der Waals surface area contributed by atoms with Gasteiger partial charge in [0, 0.05) is 18.4 Å². The molecule has 1 atom stereocenters. The zero-order chi connectivity index (χ0) is 14.5. The van der Waals surface area contributed by atoms with Crippen molar-refractivity contribution in [3.63, 3.8) is 0 Å². The molecule has 0 heterocycles. The van der Waals surface area contributed by atoms with E-state index in [9.17, 15) is 9.18 Å². The number of benzene rings is 1. The van der Waals surface area contributed by atoms with Crippen LogP contribution in [0.3, 0.4) is 0 Å². The first-order valence-corrected chi connectivity index (χ1v) is 6.50. The molecule has 2 N–H and O–H groups in total. The topological polar surface area (TPSA) is 49.3 Å². The molecule has 0 fully saturated rings. The number of carboxylic acid groups (broad SMARTS) is 1. The smallest absolute Gasteiger partial charge is 0.303 e. The van der Waals surface area contributed by atoms with Gasteiger partial charge in [0.15, 0.2) is 0 Å². The normalized spacial score (nSPS) is 13.3. The summed E-state index contributed by atoms with van der Waals surface area (Å²) in [6.45, 7) is 7.30. The fraction of sp³-hybridized carbons (Fsp3) is 0.533. The molecule has 3 nitrogen and oxygen atoms in total. The molecule has 0 radical (unpaired) electrons. The molecular weight excluding hydrogens is 245 g/mol. The van der Waals surface area contributed by atoms with Crippen LogP contribution in [0.25, 0.3) is 0 Å². The Hall–Kier alpha value is -1.42. The average Bonchev–Trinajstić information content (AvgIpc) is 2.27. The Morgan fingerprint density at radius 1 is 1.47 bits per heavy atom. The Balaban J connectivity index is 2.49. The third-order valence-corrected chi connectivity index (χ3v) is 3.19. The van der Waals surface area contributed by atoms with Crippen LogP contribution in [-0.2, 0) is 10.2 Å². The Morgan fingerprint density at radius 3 is 2.74 bits per heavy atom. The van der Waals surface area contributed by atoms with E-state index in [-0.39, 0.29) is 23.6 Å². The van der Waals surface area contributed by atoms with Gasteiger partial charge < -0.3 is 10.4 Å².